The minimum Gasteiger partial charge on any atom is -0.380 e. The first-order valence-corrected chi connectivity index (χ1v) is 8.84. The lowest BCUT2D eigenvalue weighted by atomic mass is 10.1. The minimum atomic E-state index is -3.28. The molecular formula is C14H20ClNO3S. The van der Waals surface area contributed by atoms with Gasteiger partial charge < -0.3 is 4.74 Å². The van der Waals surface area contributed by atoms with Gasteiger partial charge >= 0.3 is 0 Å². The number of ether oxygens (including phenoxy) is 1. The summed E-state index contributed by atoms with van der Waals surface area (Å²) in [6, 6.07) is 7.39. The number of hydrogen-bond acceptors (Lipinski definition) is 3. The van der Waals surface area contributed by atoms with Crippen molar-refractivity contribution in [1.82, 2.24) is 4.31 Å². The van der Waals surface area contributed by atoms with Crippen LogP contribution in [-0.2, 0) is 26.4 Å². The van der Waals surface area contributed by atoms with Gasteiger partial charge in [0.2, 0.25) is 10.0 Å². The first-order chi connectivity index (χ1) is 9.55. The third kappa shape index (κ3) is 3.95. The van der Waals surface area contributed by atoms with Crippen LogP contribution < -0.4 is 0 Å². The molecule has 1 aromatic rings. The number of nitrogens with zero attached hydrogens (tertiary/aromatic N) is 1. The van der Waals surface area contributed by atoms with E-state index >= 15 is 0 Å². The molecule has 0 bridgehead atoms. The van der Waals surface area contributed by atoms with Crippen LogP contribution in [0.5, 0.6) is 0 Å². The highest BCUT2D eigenvalue weighted by molar-refractivity contribution is 7.88. The Morgan fingerprint density at radius 1 is 1.30 bits per heavy atom. The average molecular weight is 318 g/mol. The molecule has 1 aliphatic rings. The van der Waals surface area contributed by atoms with Crippen molar-refractivity contribution in [3.63, 3.8) is 0 Å². The van der Waals surface area contributed by atoms with Gasteiger partial charge in [0.1, 0.15) is 0 Å². The number of methoxy groups -OCH3 is 1. The zero-order chi connectivity index (χ0) is 14.6. The van der Waals surface area contributed by atoms with Gasteiger partial charge in [0.15, 0.2) is 0 Å². The van der Waals surface area contributed by atoms with Gasteiger partial charge in [-0.2, -0.15) is 4.31 Å². The summed E-state index contributed by atoms with van der Waals surface area (Å²) in [5.41, 5.74) is 1.78. The van der Waals surface area contributed by atoms with E-state index in [2.05, 4.69) is 0 Å². The maximum atomic E-state index is 12.4. The second-order valence-corrected chi connectivity index (χ2v) is 7.30. The Hall–Kier alpha value is -0.620. The van der Waals surface area contributed by atoms with Crippen LogP contribution in [0.1, 0.15) is 24.0 Å². The Labute approximate surface area is 125 Å². The molecule has 20 heavy (non-hydrogen) atoms. The lowest BCUT2D eigenvalue weighted by molar-refractivity contribution is 0.0571. The maximum Gasteiger partial charge on any atom is 0.218 e. The van der Waals surface area contributed by atoms with E-state index in [1.807, 2.05) is 24.3 Å². The predicted octanol–water partition coefficient (Wildman–Crippen LogP) is 2.37. The standard InChI is InChI=1S/C14H20ClNO3S/c1-19-14-3-2-8-16(10-14)20(17,18)11-13-6-4-12(9-15)5-7-13/h4-7,14H,2-3,8-11H2,1H3. The van der Waals surface area contributed by atoms with Crippen molar-refractivity contribution in [3.8, 4) is 0 Å². The Morgan fingerprint density at radius 2 is 1.95 bits per heavy atom. The first-order valence-electron chi connectivity index (χ1n) is 6.69. The van der Waals surface area contributed by atoms with E-state index < -0.39 is 10.0 Å². The van der Waals surface area contributed by atoms with Crippen LogP contribution >= 0.6 is 11.6 Å². The minimum absolute atomic E-state index is 0.0112. The molecular weight excluding hydrogens is 298 g/mol. The van der Waals surface area contributed by atoms with Crippen LogP contribution in [0, 0.1) is 0 Å². The van der Waals surface area contributed by atoms with Crippen molar-refractivity contribution in [3.05, 3.63) is 35.4 Å². The molecule has 0 saturated carbocycles. The topological polar surface area (TPSA) is 46.6 Å². The lowest BCUT2D eigenvalue weighted by Gasteiger charge is -2.31. The summed E-state index contributed by atoms with van der Waals surface area (Å²) in [6.45, 7) is 1.04. The third-order valence-corrected chi connectivity index (χ3v) is 5.72. The van der Waals surface area contributed by atoms with E-state index in [1.54, 1.807) is 11.4 Å². The maximum absolute atomic E-state index is 12.4. The van der Waals surface area contributed by atoms with Crippen molar-refractivity contribution < 1.29 is 13.2 Å². The smallest absolute Gasteiger partial charge is 0.218 e. The van der Waals surface area contributed by atoms with Crippen LogP contribution in [0.2, 0.25) is 0 Å². The molecule has 1 heterocycles. The molecule has 1 saturated heterocycles. The number of benzene rings is 1. The fraction of sp³-hybridized carbons (Fsp3) is 0.571. The van der Waals surface area contributed by atoms with Crippen molar-refractivity contribution >= 4 is 21.6 Å². The van der Waals surface area contributed by atoms with E-state index in [0.29, 0.717) is 19.0 Å². The Balaban J connectivity index is 2.05. The van der Waals surface area contributed by atoms with Crippen LogP contribution in [0.3, 0.4) is 0 Å². The molecule has 1 aromatic carbocycles. The van der Waals surface area contributed by atoms with Gasteiger partial charge in [-0.15, -0.1) is 11.6 Å². The zero-order valence-corrected chi connectivity index (χ0v) is 13.2. The molecule has 0 aromatic heterocycles. The summed E-state index contributed by atoms with van der Waals surface area (Å²) in [7, 11) is -1.65. The highest BCUT2D eigenvalue weighted by Crippen LogP contribution is 2.19. The molecule has 0 radical (unpaired) electrons. The number of hydrogen-bond donors (Lipinski definition) is 0. The second-order valence-electron chi connectivity index (χ2n) is 5.06. The molecule has 4 nitrogen and oxygen atoms in total. The zero-order valence-electron chi connectivity index (χ0n) is 11.6. The van der Waals surface area contributed by atoms with Crippen molar-refractivity contribution in [2.24, 2.45) is 0 Å². The third-order valence-electron chi connectivity index (χ3n) is 3.59. The van der Waals surface area contributed by atoms with Gasteiger partial charge in [0.05, 0.1) is 11.9 Å². The average Bonchev–Trinajstić information content (AvgIpc) is 2.48. The van der Waals surface area contributed by atoms with Crippen molar-refractivity contribution in [2.75, 3.05) is 20.2 Å². The molecule has 1 aliphatic heterocycles. The molecule has 0 amide bonds. The molecule has 0 spiro atoms. The molecule has 2 rings (SSSR count). The monoisotopic (exact) mass is 317 g/mol. The number of piperidine rings is 1. The second kappa shape index (κ2) is 6.89. The van der Waals surface area contributed by atoms with Gasteiger partial charge in [-0.05, 0) is 24.0 Å². The van der Waals surface area contributed by atoms with Gasteiger partial charge in [-0.3, -0.25) is 0 Å². The Kier molecular flexibility index (Phi) is 5.43. The fourth-order valence-electron chi connectivity index (χ4n) is 2.38. The van der Waals surface area contributed by atoms with Crippen LogP contribution in [0.25, 0.3) is 0 Å². The largest absolute Gasteiger partial charge is 0.380 e. The SMILES string of the molecule is COC1CCCN(S(=O)(=O)Cc2ccc(CCl)cc2)C1. The number of halogens is 1. The Bertz CT molecular complexity index is 530. The number of rotatable bonds is 5. The number of alkyl halides is 1. The van der Waals surface area contributed by atoms with Crippen LogP contribution in [0.15, 0.2) is 24.3 Å². The molecule has 1 unspecified atom stereocenters. The molecule has 1 atom stereocenters. The normalized spacial score (nSPS) is 21.0. The molecule has 0 aliphatic carbocycles. The van der Waals surface area contributed by atoms with Gasteiger partial charge in [0, 0.05) is 26.1 Å². The predicted molar refractivity (Wildman–Crippen MR) is 80.2 cm³/mol. The summed E-state index contributed by atoms with van der Waals surface area (Å²) < 4.78 is 31.6. The quantitative estimate of drug-likeness (QED) is 0.783. The summed E-state index contributed by atoms with van der Waals surface area (Å²) in [6.07, 6.45) is 1.78. The summed E-state index contributed by atoms with van der Waals surface area (Å²) in [5, 5.41) is 0. The first kappa shape index (κ1) is 15.8. The van der Waals surface area contributed by atoms with E-state index in [0.717, 1.165) is 24.0 Å². The van der Waals surface area contributed by atoms with E-state index in [-0.39, 0.29) is 11.9 Å². The molecule has 6 heteroatoms. The van der Waals surface area contributed by atoms with Gasteiger partial charge in [0.25, 0.3) is 0 Å². The van der Waals surface area contributed by atoms with Crippen LogP contribution in [-0.4, -0.2) is 39.0 Å². The highest BCUT2D eigenvalue weighted by atomic mass is 35.5. The summed E-state index contributed by atoms with van der Waals surface area (Å²) >= 11 is 5.73. The number of sulfonamides is 1. The van der Waals surface area contributed by atoms with Crippen LogP contribution in [0.4, 0.5) is 0 Å². The van der Waals surface area contributed by atoms with E-state index in [4.69, 9.17) is 16.3 Å². The van der Waals surface area contributed by atoms with Crippen molar-refractivity contribution in [1.29, 1.82) is 0 Å². The van der Waals surface area contributed by atoms with Gasteiger partial charge in [-0.1, -0.05) is 24.3 Å². The molecule has 112 valence electrons. The van der Waals surface area contributed by atoms with E-state index in [1.165, 1.54) is 0 Å². The lowest BCUT2D eigenvalue weighted by Crippen LogP contribution is -2.43. The highest BCUT2D eigenvalue weighted by Gasteiger charge is 2.28. The summed E-state index contributed by atoms with van der Waals surface area (Å²) in [5.74, 6) is 0.473. The Morgan fingerprint density at radius 3 is 2.55 bits per heavy atom. The molecule has 0 N–H and O–H groups in total. The van der Waals surface area contributed by atoms with E-state index in [9.17, 15) is 8.42 Å². The fourth-order valence-corrected chi connectivity index (χ4v) is 4.15. The van der Waals surface area contributed by atoms with Crippen molar-refractivity contribution in [2.45, 2.75) is 30.6 Å². The molecule has 1 fully saturated rings. The summed E-state index contributed by atoms with van der Waals surface area (Å²) in [4.78, 5) is 0. The van der Waals surface area contributed by atoms with Gasteiger partial charge in [-0.25, -0.2) is 8.42 Å².